The minimum atomic E-state index is 0.0893. The van der Waals surface area contributed by atoms with Crippen molar-refractivity contribution in [2.45, 2.75) is 26.9 Å². The topological polar surface area (TPSA) is 41.4 Å². The zero-order valence-electron chi connectivity index (χ0n) is 16.8. The van der Waals surface area contributed by atoms with E-state index < -0.39 is 0 Å². The molecule has 0 atom stereocenters. The summed E-state index contributed by atoms with van der Waals surface area (Å²) in [6, 6.07) is 14.2. The number of carbonyl (C=O) groups is 1. The van der Waals surface area contributed by atoms with E-state index in [0.717, 1.165) is 49.0 Å². The number of amides is 1. The number of rotatable bonds is 5. The van der Waals surface area contributed by atoms with Gasteiger partial charge in [-0.15, -0.1) is 11.3 Å². The van der Waals surface area contributed by atoms with Crippen molar-refractivity contribution >= 4 is 28.8 Å². The Balaban J connectivity index is 1.35. The first kappa shape index (κ1) is 20.1. The van der Waals surface area contributed by atoms with Gasteiger partial charge in [0.25, 0.3) is 5.91 Å². The molecule has 0 spiro atoms. The molecule has 0 bridgehead atoms. The van der Waals surface area contributed by atoms with Crippen LogP contribution in [-0.4, -0.2) is 51.7 Å². The minimum absolute atomic E-state index is 0.0893. The predicted octanol–water partition coefficient (Wildman–Crippen LogP) is 4.55. The molecular formula is C22H25ClN4OS. The average Bonchev–Trinajstić information content (AvgIpc) is 3.34. The summed E-state index contributed by atoms with van der Waals surface area (Å²) in [6.45, 7) is 8.84. The van der Waals surface area contributed by atoms with Crippen molar-refractivity contribution in [3.63, 3.8) is 0 Å². The Kier molecular flexibility index (Phi) is 6.04. The molecule has 152 valence electrons. The molecule has 0 unspecified atom stereocenters. The molecule has 1 saturated heterocycles. The molecule has 1 aliphatic heterocycles. The number of halogens is 1. The molecule has 7 heteroatoms. The smallest absolute Gasteiger partial charge is 0.272 e. The zero-order chi connectivity index (χ0) is 20.4. The summed E-state index contributed by atoms with van der Waals surface area (Å²) < 4.78 is 1.80. The van der Waals surface area contributed by atoms with Crippen LogP contribution in [0.5, 0.6) is 0 Å². The van der Waals surface area contributed by atoms with Gasteiger partial charge in [0.15, 0.2) is 0 Å². The molecule has 1 amide bonds. The third-order valence-corrected chi connectivity index (χ3v) is 6.58. The molecule has 5 nitrogen and oxygen atoms in total. The van der Waals surface area contributed by atoms with E-state index in [1.165, 1.54) is 9.75 Å². The Morgan fingerprint density at radius 2 is 1.93 bits per heavy atom. The molecule has 4 rings (SSSR count). The van der Waals surface area contributed by atoms with Crippen molar-refractivity contribution in [2.75, 3.05) is 26.2 Å². The molecule has 0 aliphatic carbocycles. The van der Waals surface area contributed by atoms with Crippen LogP contribution in [0.1, 0.15) is 28.0 Å². The first-order valence-corrected chi connectivity index (χ1v) is 11.1. The molecule has 1 aromatic carbocycles. The number of benzene rings is 1. The Morgan fingerprint density at radius 3 is 2.66 bits per heavy atom. The van der Waals surface area contributed by atoms with Crippen molar-refractivity contribution in [1.29, 1.82) is 0 Å². The van der Waals surface area contributed by atoms with Gasteiger partial charge in [-0.25, -0.2) is 0 Å². The fourth-order valence-corrected chi connectivity index (χ4v) is 4.95. The van der Waals surface area contributed by atoms with Crippen LogP contribution in [0.15, 0.2) is 42.5 Å². The molecule has 1 fully saturated rings. The van der Waals surface area contributed by atoms with Crippen LogP contribution >= 0.6 is 22.9 Å². The number of aryl methyl sites for hydroxylation is 2. The van der Waals surface area contributed by atoms with Gasteiger partial charge in [0, 0.05) is 54.0 Å². The van der Waals surface area contributed by atoms with E-state index >= 15 is 0 Å². The van der Waals surface area contributed by atoms with E-state index in [0.29, 0.717) is 12.2 Å². The average molecular weight is 429 g/mol. The van der Waals surface area contributed by atoms with E-state index in [1.807, 2.05) is 54.3 Å². The Hall–Kier alpha value is -2.15. The predicted molar refractivity (Wildman–Crippen MR) is 119 cm³/mol. The van der Waals surface area contributed by atoms with E-state index in [9.17, 15) is 4.79 Å². The summed E-state index contributed by atoms with van der Waals surface area (Å²) in [7, 11) is 0. The number of carbonyl (C=O) groups excluding carboxylic acids is 1. The van der Waals surface area contributed by atoms with Crippen LogP contribution in [0.4, 0.5) is 0 Å². The standard InChI is InChI=1S/C22H25ClN4OS/c1-3-27-20(13-16(2)24-27)22(28)26-11-9-25(10-12-26)15-19-7-8-21(29-19)17-5-4-6-18(23)14-17/h4-8,13-14H,3,9-12,15H2,1-2H3. The molecule has 29 heavy (non-hydrogen) atoms. The largest absolute Gasteiger partial charge is 0.335 e. The Labute approximate surface area is 180 Å². The van der Waals surface area contributed by atoms with Crippen LogP contribution < -0.4 is 0 Å². The van der Waals surface area contributed by atoms with Gasteiger partial charge in [-0.05, 0) is 49.7 Å². The van der Waals surface area contributed by atoms with Gasteiger partial charge in [0.05, 0.1) is 5.69 Å². The molecule has 2 aromatic heterocycles. The quantitative estimate of drug-likeness (QED) is 0.598. The maximum Gasteiger partial charge on any atom is 0.272 e. The number of thiophene rings is 1. The van der Waals surface area contributed by atoms with Crippen molar-refractivity contribution < 1.29 is 4.79 Å². The lowest BCUT2D eigenvalue weighted by Crippen LogP contribution is -2.48. The van der Waals surface area contributed by atoms with Gasteiger partial charge in [0.2, 0.25) is 0 Å². The van der Waals surface area contributed by atoms with E-state index in [4.69, 9.17) is 11.6 Å². The Bertz CT molecular complexity index is 1000. The highest BCUT2D eigenvalue weighted by Crippen LogP contribution is 2.30. The molecule has 0 saturated carbocycles. The van der Waals surface area contributed by atoms with Crippen LogP contribution in [0, 0.1) is 6.92 Å². The first-order valence-electron chi connectivity index (χ1n) is 9.94. The molecule has 3 aromatic rings. The number of hydrogen-bond donors (Lipinski definition) is 0. The lowest BCUT2D eigenvalue weighted by atomic mass is 10.2. The van der Waals surface area contributed by atoms with Gasteiger partial charge in [-0.2, -0.15) is 5.10 Å². The number of piperazine rings is 1. The SMILES string of the molecule is CCn1nc(C)cc1C(=O)N1CCN(Cc2ccc(-c3cccc(Cl)c3)s2)CC1. The molecular weight excluding hydrogens is 404 g/mol. The second kappa shape index (κ2) is 8.69. The highest BCUT2D eigenvalue weighted by molar-refractivity contribution is 7.15. The number of hydrogen-bond acceptors (Lipinski definition) is 4. The van der Waals surface area contributed by atoms with Gasteiger partial charge >= 0.3 is 0 Å². The minimum Gasteiger partial charge on any atom is -0.335 e. The summed E-state index contributed by atoms with van der Waals surface area (Å²) >= 11 is 7.93. The maximum absolute atomic E-state index is 12.9. The van der Waals surface area contributed by atoms with Gasteiger partial charge < -0.3 is 4.90 Å². The van der Waals surface area contributed by atoms with Gasteiger partial charge in [-0.3, -0.25) is 14.4 Å². The van der Waals surface area contributed by atoms with E-state index in [2.05, 4.69) is 28.2 Å². The van der Waals surface area contributed by atoms with Crippen molar-refractivity contribution in [2.24, 2.45) is 0 Å². The third-order valence-electron chi connectivity index (χ3n) is 5.23. The van der Waals surface area contributed by atoms with E-state index in [-0.39, 0.29) is 5.91 Å². The summed E-state index contributed by atoms with van der Waals surface area (Å²) in [5.41, 5.74) is 2.75. The van der Waals surface area contributed by atoms with Gasteiger partial charge in [-0.1, -0.05) is 23.7 Å². The van der Waals surface area contributed by atoms with Crippen molar-refractivity contribution in [3.8, 4) is 10.4 Å². The lowest BCUT2D eigenvalue weighted by Gasteiger charge is -2.34. The van der Waals surface area contributed by atoms with Crippen LogP contribution in [0.2, 0.25) is 5.02 Å². The fourth-order valence-electron chi connectivity index (χ4n) is 3.71. The molecule has 3 heterocycles. The summed E-state index contributed by atoms with van der Waals surface area (Å²) in [5, 5.41) is 5.16. The second-order valence-corrected chi connectivity index (χ2v) is 8.94. The van der Waals surface area contributed by atoms with E-state index in [1.54, 1.807) is 4.68 Å². The summed E-state index contributed by atoms with van der Waals surface area (Å²) in [6.07, 6.45) is 0. The summed E-state index contributed by atoms with van der Waals surface area (Å²) in [5.74, 6) is 0.0893. The van der Waals surface area contributed by atoms with Crippen LogP contribution in [0.3, 0.4) is 0 Å². The molecule has 0 radical (unpaired) electrons. The summed E-state index contributed by atoms with van der Waals surface area (Å²) in [4.78, 5) is 19.8. The maximum atomic E-state index is 12.9. The van der Waals surface area contributed by atoms with Crippen LogP contribution in [-0.2, 0) is 13.1 Å². The fraction of sp³-hybridized carbons (Fsp3) is 0.364. The second-order valence-electron chi connectivity index (χ2n) is 7.33. The van der Waals surface area contributed by atoms with Crippen LogP contribution in [0.25, 0.3) is 10.4 Å². The normalized spacial score (nSPS) is 15.1. The van der Waals surface area contributed by atoms with Crippen molar-refractivity contribution in [3.05, 3.63) is 63.8 Å². The monoisotopic (exact) mass is 428 g/mol. The third kappa shape index (κ3) is 4.55. The zero-order valence-corrected chi connectivity index (χ0v) is 18.3. The number of nitrogens with zero attached hydrogens (tertiary/aromatic N) is 4. The van der Waals surface area contributed by atoms with Crippen molar-refractivity contribution in [1.82, 2.24) is 19.6 Å². The lowest BCUT2D eigenvalue weighted by molar-refractivity contribution is 0.0617. The molecule has 0 N–H and O–H groups in total. The molecule has 1 aliphatic rings. The highest BCUT2D eigenvalue weighted by atomic mass is 35.5. The Morgan fingerprint density at radius 1 is 1.14 bits per heavy atom. The highest BCUT2D eigenvalue weighted by Gasteiger charge is 2.25. The first-order chi connectivity index (χ1) is 14.0. The number of aromatic nitrogens is 2. The van der Waals surface area contributed by atoms with Gasteiger partial charge in [0.1, 0.15) is 5.69 Å².